The van der Waals surface area contributed by atoms with Gasteiger partial charge >= 0.3 is 0 Å². The lowest BCUT2D eigenvalue weighted by Crippen LogP contribution is -2.34. The van der Waals surface area contributed by atoms with Gasteiger partial charge in [-0.1, -0.05) is 44.2 Å². The van der Waals surface area contributed by atoms with E-state index in [9.17, 15) is 13.2 Å². The van der Waals surface area contributed by atoms with Crippen LogP contribution in [0.1, 0.15) is 67.9 Å². The Morgan fingerprint density at radius 1 is 1.03 bits per heavy atom. The van der Waals surface area contributed by atoms with E-state index in [0.29, 0.717) is 18.0 Å². The molecule has 0 atom stereocenters. The molecule has 0 radical (unpaired) electrons. The van der Waals surface area contributed by atoms with Gasteiger partial charge in [-0.3, -0.25) is 4.79 Å². The van der Waals surface area contributed by atoms with Gasteiger partial charge in [0, 0.05) is 31.2 Å². The molecule has 0 bridgehead atoms. The van der Waals surface area contributed by atoms with Crippen molar-refractivity contribution >= 4 is 15.9 Å². The zero-order valence-corrected chi connectivity index (χ0v) is 19.3. The zero-order valence-electron chi connectivity index (χ0n) is 18.5. The third-order valence-corrected chi connectivity index (χ3v) is 7.76. The maximum atomic E-state index is 13.3. The molecule has 30 heavy (non-hydrogen) atoms. The summed E-state index contributed by atoms with van der Waals surface area (Å²) in [4.78, 5) is 15.3. The Kier molecular flexibility index (Phi) is 6.68. The summed E-state index contributed by atoms with van der Waals surface area (Å²) in [6.45, 7) is 8.50. The molecule has 2 aromatic rings. The number of carbonyl (C=O) groups is 1. The third-order valence-electron chi connectivity index (χ3n) is 5.73. The van der Waals surface area contributed by atoms with Crippen LogP contribution in [0.5, 0.6) is 0 Å². The van der Waals surface area contributed by atoms with Crippen LogP contribution in [0, 0.1) is 0 Å². The Hall–Kier alpha value is -2.18. The van der Waals surface area contributed by atoms with Crippen molar-refractivity contribution < 1.29 is 13.2 Å². The van der Waals surface area contributed by atoms with E-state index in [-0.39, 0.29) is 22.9 Å². The summed E-state index contributed by atoms with van der Waals surface area (Å²) >= 11 is 0. The second-order valence-corrected chi connectivity index (χ2v) is 10.7. The van der Waals surface area contributed by atoms with Crippen LogP contribution >= 0.6 is 0 Å². The highest BCUT2D eigenvalue weighted by molar-refractivity contribution is 7.89. The van der Waals surface area contributed by atoms with E-state index in [1.807, 2.05) is 18.7 Å². The predicted octanol–water partition coefficient (Wildman–Crippen LogP) is 4.64. The second-order valence-electron chi connectivity index (χ2n) is 8.70. The molecule has 2 aromatic carbocycles. The largest absolute Gasteiger partial charge is 0.331 e. The number of rotatable bonds is 8. The van der Waals surface area contributed by atoms with Crippen LogP contribution < -0.4 is 0 Å². The van der Waals surface area contributed by atoms with Crippen molar-refractivity contribution in [1.29, 1.82) is 0 Å². The first kappa shape index (κ1) is 22.5. The maximum absolute atomic E-state index is 13.3. The molecular weight excluding hydrogens is 396 g/mol. The van der Waals surface area contributed by atoms with Gasteiger partial charge in [0.05, 0.1) is 4.90 Å². The van der Waals surface area contributed by atoms with E-state index in [0.717, 1.165) is 18.4 Å². The summed E-state index contributed by atoms with van der Waals surface area (Å²) < 4.78 is 27.0. The Morgan fingerprint density at radius 2 is 1.67 bits per heavy atom. The molecule has 0 aromatic heterocycles. The van der Waals surface area contributed by atoms with Gasteiger partial charge in [0.2, 0.25) is 10.0 Å². The van der Waals surface area contributed by atoms with Crippen molar-refractivity contribution in [2.24, 2.45) is 0 Å². The molecule has 0 saturated heterocycles. The average molecular weight is 429 g/mol. The van der Waals surface area contributed by atoms with E-state index in [1.54, 1.807) is 25.2 Å². The molecule has 5 nitrogen and oxygen atoms in total. The van der Waals surface area contributed by atoms with Gasteiger partial charge in [-0.2, -0.15) is 4.31 Å². The van der Waals surface area contributed by atoms with Crippen LogP contribution in [0.15, 0.2) is 53.4 Å². The lowest BCUT2D eigenvalue weighted by atomic mass is 10.0. The highest BCUT2D eigenvalue weighted by atomic mass is 32.2. The predicted molar refractivity (Wildman–Crippen MR) is 120 cm³/mol. The van der Waals surface area contributed by atoms with Crippen molar-refractivity contribution in [3.05, 3.63) is 65.2 Å². The summed E-state index contributed by atoms with van der Waals surface area (Å²) in [5, 5.41) is 0. The normalized spacial score (nSPS) is 14.5. The lowest BCUT2D eigenvalue weighted by Gasteiger charge is -2.24. The number of hydrogen-bond donors (Lipinski definition) is 0. The SMILES string of the molecule is CC(C)c1ccc(CN(C(=O)c2cccc(S(=O)(=O)N(C)C(C)C)c2)C2CC2)cc1. The molecule has 1 saturated carbocycles. The Morgan fingerprint density at radius 3 is 2.20 bits per heavy atom. The molecule has 1 aliphatic rings. The molecule has 1 amide bonds. The van der Waals surface area contributed by atoms with E-state index in [4.69, 9.17) is 0 Å². The molecule has 0 unspecified atom stereocenters. The van der Waals surface area contributed by atoms with Crippen molar-refractivity contribution in [2.45, 2.75) is 70.0 Å². The van der Waals surface area contributed by atoms with Crippen LogP contribution in [0.25, 0.3) is 0 Å². The fraction of sp³-hybridized carbons (Fsp3) is 0.458. The topological polar surface area (TPSA) is 57.7 Å². The van der Waals surface area contributed by atoms with Gasteiger partial charge in [-0.05, 0) is 61.9 Å². The van der Waals surface area contributed by atoms with Crippen molar-refractivity contribution in [2.75, 3.05) is 7.05 Å². The number of carbonyl (C=O) groups excluding carboxylic acids is 1. The minimum Gasteiger partial charge on any atom is -0.331 e. The summed E-state index contributed by atoms with van der Waals surface area (Å²) in [6, 6.07) is 14.9. The molecule has 162 valence electrons. The van der Waals surface area contributed by atoms with Gasteiger partial charge in [0.15, 0.2) is 0 Å². The Balaban J connectivity index is 1.84. The average Bonchev–Trinajstić information content (AvgIpc) is 3.56. The Labute approximate surface area is 180 Å². The fourth-order valence-electron chi connectivity index (χ4n) is 3.36. The molecule has 0 heterocycles. The summed E-state index contributed by atoms with van der Waals surface area (Å²) in [5.41, 5.74) is 2.78. The highest BCUT2D eigenvalue weighted by Gasteiger charge is 2.33. The number of sulfonamides is 1. The molecule has 3 rings (SSSR count). The minimum atomic E-state index is -3.63. The molecule has 1 aliphatic carbocycles. The molecule has 0 N–H and O–H groups in total. The number of benzene rings is 2. The van der Waals surface area contributed by atoms with Crippen LogP contribution in [-0.2, 0) is 16.6 Å². The van der Waals surface area contributed by atoms with Crippen LogP contribution in [0.4, 0.5) is 0 Å². The quantitative estimate of drug-likeness (QED) is 0.615. The van der Waals surface area contributed by atoms with Gasteiger partial charge in [-0.15, -0.1) is 0 Å². The first-order valence-corrected chi connectivity index (χ1v) is 12.0. The Bertz CT molecular complexity index is 993. The number of nitrogens with zero attached hydrogens (tertiary/aromatic N) is 2. The van der Waals surface area contributed by atoms with Crippen molar-refractivity contribution in [3.8, 4) is 0 Å². The van der Waals surface area contributed by atoms with E-state index < -0.39 is 10.0 Å². The van der Waals surface area contributed by atoms with Gasteiger partial charge in [-0.25, -0.2) is 8.42 Å². The molecular formula is C24H32N2O3S. The van der Waals surface area contributed by atoms with E-state index in [1.165, 1.54) is 15.9 Å². The number of hydrogen-bond acceptors (Lipinski definition) is 3. The number of amides is 1. The smallest absolute Gasteiger partial charge is 0.254 e. The first-order valence-electron chi connectivity index (χ1n) is 10.6. The zero-order chi connectivity index (χ0) is 22.1. The highest BCUT2D eigenvalue weighted by Crippen LogP contribution is 2.30. The van der Waals surface area contributed by atoms with E-state index >= 15 is 0 Å². The van der Waals surface area contributed by atoms with Crippen LogP contribution in [0.2, 0.25) is 0 Å². The van der Waals surface area contributed by atoms with Gasteiger partial charge < -0.3 is 4.90 Å². The molecule has 1 fully saturated rings. The monoisotopic (exact) mass is 428 g/mol. The van der Waals surface area contributed by atoms with Gasteiger partial charge in [0.1, 0.15) is 0 Å². The van der Waals surface area contributed by atoms with Gasteiger partial charge in [0.25, 0.3) is 5.91 Å². The molecule has 0 aliphatic heterocycles. The fourth-order valence-corrected chi connectivity index (χ4v) is 4.77. The summed E-state index contributed by atoms with van der Waals surface area (Å²) in [5.74, 6) is 0.351. The summed E-state index contributed by atoms with van der Waals surface area (Å²) in [6.07, 6.45) is 1.98. The van der Waals surface area contributed by atoms with Crippen molar-refractivity contribution in [1.82, 2.24) is 9.21 Å². The third kappa shape index (κ3) is 4.93. The van der Waals surface area contributed by atoms with Crippen molar-refractivity contribution in [3.63, 3.8) is 0 Å². The maximum Gasteiger partial charge on any atom is 0.254 e. The molecule has 6 heteroatoms. The first-order chi connectivity index (χ1) is 14.1. The van der Waals surface area contributed by atoms with Crippen LogP contribution in [0.3, 0.4) is 0 Å². The van der Waals surface area contributed by atoms with E-state index in [2.05, 4.69) is 38.1 Å². The minimum absolute atomic E-state index is 0.116. The summed E-state index contributed by atoms with van der Waals surface area (Å²) in [7, 11) is -2.07. The lowest BCUT2D eigenvalue weighted by molar-refractivity contribution is 0.0729. The second kappa shape index (κ2) is 8.90. The van der Waals surface area contributed by atoms with Crippen LogP contribution in [-0.4, -0.2) is 42.7 Å². The standard InChI is InChI=1S/C24H32N2O3S/c1-17(2)20-11-9-19(10-12-20)16-26(22-13-14-22)24(27)21-7-6-8-23(15-21)30(28,29)25(5)18(3)4/h6-12,15,17-18,22H,13-14,16H2,1-5H3. The molecule has 0 spiro atoms.